The van der Waals surface area contributed by atoms with Crippen LogP contribution in [0.2, 0.25) is 0 Å². The average molecular weight is 249 g/mol. The third kappa shape index (κ3) is 3.15. The highest BCUT2D eigenvalue weighted by atomic mass is 16.6. The fraction of sp³-hybridized carbons (Fsp3) is 0.417. The van der Waals surface area contributed by atoms with Crippen LogP contribution < -0.4 is 0 Å². The molecule has 1 aromatic carbocycles. The molecule has 0 aromatic heterocycles. The van der Waals surface area contributed by atoms with Crippen molar-refractivity contribution in [1.82, 2.24) is 0 Å². The Morgan fingerprint density at radius 2 is 2.06 bits per heavy atom. The van der Waals surface area contributed by atoms with Crippen molar-refractivity contribution in [1.29, 1.82) is 0 Å². The number of hydrogen-bond donors (Lipinski definition) is 1. The maximum atomic E-state index is 12.0. The highest BCUT2D eigenvalue weighted by Gasteiger charge is 2.23. The minimum absolute atomic E-state index is 0.0508. The summed E-state index contributed by atoms with van der Waals surface area (Å²) in [5, 5.41) is 13.3. The molecule has 0 aliphatic carbocycles. The number of hydrogen-bond acceptors (Lipinski definition) is 4. The second kappa shape index (κ2) is 4.98. The van der Waals surface area contributed by atoms with E-state index in [1.165, 1.54) is 6.07 Å². The Morgan fingerprint density at radius 3 is 2.56 bits per heavy atom. The van der Waals surface area contributed by atoms with Crippen molar-refractivity contribution in [2.45, 2.75) is 33.3 Å². The fourth-order valence-electron chi connectivity index (χ4n) is 1.35. The van der Waals surface area contributed by atoms with E-state index < -0.39 is 11.6 Å². The van der Waals surface area contributed by atoms with Crippen molar-refractivity contribution in [3.8, 4) is 5.75 Å². The summed E-state index contributed by atoms with van der Waals surface area (Å²) in [4.78, 5) is 14.6. The number of rotatable bonds is 2. The van der Waals surface area contributed by atoms with Gasteiger partial charge in [-0.05, 0) is 38.8 Å². The third-order valence-electron chi connectivity index (χ3n) is 2.11. The number of phenols is 1. The normalized spacial score (nSPS) is 10.7. The van der Waals surface area contributed by atoms with Crippen LogP contribution in [0.25, 0.3) is 10.4 Å². The van der Waals surface area contributed by atoms with Crippen LogP contribution >= 0.6 is 0 Å². The Morgan fingerprint density at radius 1 is 1.44 bits per heavy atom. The Balaban J connectivity index is 3.32. The smallest absolute Gasteiger partial charge is 0.342 e. The highest BCUT2D eigenvalue weighted by molar-refractivity contribution is 5.98. The minimum atomic E-state index is -0.717. The zero-order valence-electron chi connectivity index (χ0n) is 10.8. The average Bonchev–Trinajstić information content (AvgIpc) is 2.21. The molecule has 0 radical (unpaired) electrons. The van der Waals surface area contributed by atoms with Crippen molar-refractivity contribution < 1.29 is 14.6 Å². The Hall–Kier alpha value is -2.20. The molecule has 0 heterocycles. The number of aromatic hydroxyl groups is 1. The zero-order chi connectivity index (χ0) is 13.9. The largest absolute Gasteiger partial charge is 0.507 e. The van der Waals surface area contributed by atoms with E-state index >= 15 is 0 Å². The number of carbonyl (C=O) groups is 1. The number of carbonyl (C=O) groups excluding carboxylic acids is 1. The van der Waals surface area contributed by atoms with E-state index in [1.807, 2.05) is 0 Å². The number of esters is 1. The van der Waals surface area contributed by atoms with E-state index in [9.17, 15) is 9.90 Å². The summed E-state index contributed by atoms with van der Waals surface area (Å²) >= 11 is 0. The summed E-state index contributed by atoms with van der Waals surface area (Å²) in [7, 11) is 0. The summed E-state index contributed by atoms with van der Waals surface area (Å²) in [6, 6.07) is 3.03. The molecule has 0 saturated carbocycles. The summed E-state index contributed by atoms with van der Waals surface area (Å²) in [6.45, 7) is 6.78. The molecule has 0 bridgehead atoms. The Bertz CT molecular complexity index is 526. The summed E-state index contributed by atoms with van der Waals surface area (Å²) in [5.74, 6) is -0.944. The van der Waals surface area contributed by atoms with Crippen LogP contribution in [0.5, 0.6) is 5.75 Å². The third-order valence-corrected chi connectivity index (χ3v) is 2.11. The first-order valence-electron chi connectivity index (χ1n) is 5.37. The zero-order valence-corrected chi connectivity index (χ0v) is 10.8. The number of phenolic OH excluding ortho intramolecular Hbond substituents is 1. The molecule has 1 aromatic rings. The van der Waals surface area contributed by atoms with Crippen LogP contribution in [0.3, 0.4) is 0 Å². The molecule has 0 aliphatic rings. The van der Waals surface area contributed by atoms with Gasteiger partial charge in [-0.3, -0.25) is 0 Å². The molecule has 1 rings (SSSR count). The van der Waals surface area contributed by atoms with Gasteiger partial charge in [-0.15, -0.1) is 0 Å². The first-order valence-corrected chi connectivity index (χ1v) is 5.37. The molecular weight excluding hydrogens is 234 g/mol. The van der Waals surface area contributed by atoms with E-state index in [1.54, 1.807) is 33.8 Å². The first-order chi connectivity index (χ1) is 8.26. The summed E-state index contributed by atoms with van der Waals surface area (Å²) < 4.78 is 5.16. The van der Waals surface area contributed by atoms with Gasteiger partial charge >= 0.3 is 5.97 Å². The quantitative estimate of drug-likeness (QED) is 0.375. The van der Waals surface area contributed by atoms with Gasteiger partial charge in [0.1, 0.15) is 16.9 Å². The molecule has 0 amide bonds. The number of nitrogens with zero attached hydrogens (tertiary/aromatic N) is 3. The fourth-order valence-corrected chi connectivity index (χ4v) is 1.35. The van der Waals surface area contributed by atoms with Gasteiger partial charge in [0, 0.05) is 4.91 Å². The van der Waals surface area contributed by atoms with Crippen LogP contribution in [0.4, 0.5) is 5.69 Å². The van der Waals surface area contributed by atoms with Crippen LogP contribution in [0.15, 0.2) is 17.2 Å². The second-order valence-corrected chi connectivity index (χ2v) is 4.82. The van der Waals surface area contributed by atoms with E-state index in [0.29, 0.717) is 5.56 Å². The van der Waals surface area contributed by atoms with Crippen LogP contribution in [0, 0.1) is 6.92 Å². The second-order valence-electron chi connectivity index (χ2n) is 4.82. The molecule has 96 valence electrons. The Labute approximate surface area is 105 Å². The van der Waals surface area contributed by atoms with Crippen molar-refractivity contribution in [3.05, 3.63) is 33.7 Å². The summed E-state index contributed by atoms with van der Waals surface area (Å²) in [5.41, 5.74) is 8.20. The monoisotopic (exact) mass is 249 g/mol. The van der Waals surface area contributed by atoms with E-state index in [2.05, 4.69) is 10.0 Å². The van der Waals surface area contributed by atoms with E-state index in [4.69, 9.17) is 10.3 Å². The van der Waals surface area contributed by atoms with Gasteiger partial charge in [-0.1, -0.05) is 17.2 Å². The predicted octanol–water partition coefficient (Wildman–Crippen LogP) is 3.60. The number of benzene rings is 1. The molecule has 1 N–H and O–H groups in total. The highest BCUT2D eigenvalue weighted by Crippen LogP contribution is 2.32. The van der Waals surface area contributed by atoms with Gasteiger partial charge in [-0.2, -0.15) is 0 Å². The molecular formula is C12H15N3O3. The lowest BCUT2D eigenvalue weighted by molar-refractivity contribution is 0.00677. The molecule has 0 atom stereocenters. The lowest BCUT2D eigenvalue weighted by Crippen LogP contribution is -2.24. The van der Waals surface area contributed by atoms with Gasteiger partial charge in [0.25, 0.3) is 0 Å². The van der Waals surface area contributed by atoms with Gasteiger partial charge in [-0.25, -0.2) is 4.79 Å². The van der Waals surface area contributed by atoms with Crippen LogP contribution in [-0.4, -0.2) is 16.7 Å². The van der Waals surface area contributed by atoms with Crippen molar-refractivity contribution in [3.63, 3.8) is 0 Å². The van der Waals surface area contributed by atoms with Crippen molar-refractivity contribution in [2.24, 2.45) is 5.11 Å². The molecule has 6 heteroatoms. The predicted molar refractivity (Wildman–Crippen MR) is 66.8 cm³/mol. The van der Waals surface area contributed by atoms with Gasteiger partial charge < -0.3 is 9.84 Å². The van der Waals surface area contributed by atoms with Crippen molar-refractivity contribution in [2.75, 3.05) is 0 Å². The lowest BCUT2D eigenvalue weighted by Gasteiger charge is -2.20. The van der Waals surface area contributed by atoms with Gasteiger partial charge in [0.05, 0.1) is 5.69 Å². The molecule has 0 saturated heterocycles. The van der Waals surface area contributed by atoms with E-state index in [0.717, 1.165) is 0 Å². The molecule has 6 nitrogen and oxygen atoms in total. The van der Waals surface area contributed by atoms with Crippen LogP contribution in [-0.2, 0) is 4.74 Å². The summed E-state index contributed by atoms with van der Waals surface area (Å²) in [6.07, 6.45) is 0. The van der Waals surface area contributed by atoms with Gasteiger partial charge in [0.15, 0.2) is 0 Å². The molecule has 0 unspecified atom stereocenters. The maximum absolute atomic E-state index is 12.0. The SMILES string of the molecule is Cc1ccc(N=[N+]=[N-])c(C(=O)OC(C)(C)C)c1O. The van der Waals surface area contributed by atoms with Crippen molar-refractivity contribution >= 4 is 11.7 Å². The number of ether oxygens (including phenoxy) is 1. The molecule has 0 fully saturated rings. The lowest BCUT2D eigenvalue weighted by atomic mass is 10.1. The molecule has 0 aliphatic heterocycles. The number of aryl methyl sites for hydroxylation is 1. The first kappa shape index (κ1) is 13.9. The van der Waals surface area contributed by atoms with Crippen LogP contribution in [0.1, 0.15) is 36.7 Å². The Kier molecular flexibility index (Phi) is 3.83. The standard InChI is InChI=1S/C12H15N3O3/c1-7-5-6-8(14-15-13)9(10(7)16)11(17)18-12(2,3)4/h5-6,16H,1-4H3. The van der Waals surface area contributed by atoms with Gasteiger partial charge in [0.2, 0.25) is 0 Å². The molecule has 0 spiro atoms. The maximum Gasteiger partial charge on any atom is 0.342 e. The minimum Gasteiger partial charge on any atom is -0.507 e. The molecule has 18 heavy (non-hydrogen) atoms. The number of azide groups is 1. The topological polar surface area (TPSA) is 95.3 Å². The van der Waals surface area contributed by atoms with E-state index in [-0.39, 0.29) is 17.0 Å².